The van der Waals surface area contributed by atoms with Crippen LogP contribution in [0.5, 0.6) is 0 Å². The molecule has 5 nitrogen and oxygen atoms in total. The summed E-state index contributed by atoms with van der Waals surface area (Å²) in [5.74, 6) is -0.958. The van der Waals surface area contributed by atoms with Gasteiger partial charge in [-0.25, -0.2) is 13.6 Å². The highest BCUT2D eigenvalue weighted by Crippen LogP contribution is 2.37. The molecule has 0 aliphatic carbocycles. The zero-order valence-electron chi connectivity index (χ0n) is 19.2. The van der Waals surface area contributed by atoms with Gasteiger partial charge in [-0.15, -0.1) is 0 Å². The predicted molar refractivity (Wildman–Crippen MR) is 126 cm³/mol. The first-order valence-corrected chi connectivity index (χ1v) is 11.0. The van der Waals surface area contributed by atoms with Gasteiger partial charge >= 0.3 is 6.09 Å². The molecule has 0 fully saturated rings. The summed E-state index contributed by atoms with van der Waals surface area (Å²) in [6.07, 6.45) is 1.46. The minimum Gasteiger partial charge on any atom is -0.465 e. The Morgan fingerprint density at radius 2 is 1.79 bits per heavy atom. The lowest BCUT2D eigenvalue weighted by Gasteiger charge is -2.33. The van der Waals surface area contributed by atoms with E-state index in [2.05, 4.69) is 36.0 Å². The number of amides is 1. The topological polar surface area (TPSA) is 66.3 Å². The van der Waals surface area contributed by atoms with E-state index in [1.54, 1.807) is 0 Å². The van der Waals surface area contributed by atoms with E-state index in [1.165, 1.54) is 6.07 Å². The summed E-state index contributed by atoms with van der Waals surface area (Å²) in [6, 6.07) is 15.3. The molecule has 0 radical (unpaired) electrons. The summed E-state index contributed by atoms with van der Waals surface area (Å²) in [5, 5.41) is 14.7. The lowest BCUT2D eigenvalue weighted by Crippen LogP contribution is -2.35. The average molecular weight is 456 g/mol. The van der Waals surface area contributed by atoms with Gasteiger partial charge in [0.05, 0.1) is 6.04 Å². The van der Waals surface area contributed by atoms with Crippen LogP contribution < -0.4 is 10.6 Å². The van der Waals surface area contributed by atoms with Gasteiger partial charge in [-0.2, -0.15) is 0 Å². The number of aromatic nitrogens is 1. The minimum atomic E-state index is -1.04. The highest BCUT2D eigenvalue weighted by atomic mass is 19.1. The molecule has 3 N–H and O–H groups in total. The molecule has 3 rings (SSSR count). The Balaban J connectivity index is 1.97. The van der Waals surface area contributed by atoms with Gasteiger partial charge in [0.2, 0.25) is 0 Å². The van der Waals surface area contributed by atoms with E-state index >= 15 is 0 Å². The first kappa shape index (κ1) is 24.5. The fourth-order valence-corrected chi connectivity index (χ4v) is 3.94. The number of rotatable bonds is 9. The van der Waals surface area contributed by atoms with Crippen LogP contribution in [0.25, 0.3) is 11.1 Å². The molecule has 1 amide bonds. The Morgan fingerprint density at radius 3 is 2.45 bits per heavy atom. The fraction of sp³-hybridized carbons (Fsp3) is 0.346. The van der Waals surface area contributed by atoms with Crippen LogP contribution in [0.4, 0.5) is 13.6 Å². The van der Waals surface area contributed by atoms with Crippen LogP contribution in [0, 0.1) is 17.0 Å². The van der Waals surface area contributed by atoms with E-state index in [-0.39, 0.29) is 17.0 Å². The van der Waals surface area contributed by atoms with Crippen LogP contribution in [-0.4, -0.2) is 28.9 Å². The van der Waals surface area contributed by atoms with Crippen molar-refractivity contribution in [3.8, 4) is 11.1 Å². The first-order valence-electron chi connectivity index (χ1n) is 11.0. The monoisotopic (exact) mass is 455 g/mol. The molecule has 3 aromatic rings. The van der Waals surface area contributed by atoms with E-state index in [1.807, 2.05) is 42.6 Å². The molecule has 1 unspecified atom stereocenters. The molecule has 0 bridgehead atoms. The molecule has 0 aliphatic rings. The highest BCUT2D eigenvalue weighted by molar-refractivity contribution is 5.65. The second-order valence-corrected chi connectivity index (χ2v) is 9.23. The van der Waals surface area contributed by atoms with Gasteiger partial charge in [0, 0.05) is 36.1 Å². The molecule has 7 heteroatoms. The summed E-state index contributed by atoms with van der Waals surface area (Å²) in [5.41, 5.74) is 2.70. The largest absolute Gasteiger partial charge is 0.465 e. The summed E-state index contributed by atoms with van der Waals surface area (Å²) in [4.78, 5) is 10.7. The normalized spacial score (nSPS) is 12.5. The Morgan fingerprint density at radius 1 is 1.06 bits per heavy atom. The van der Waals surface area contributed by atoms with Crippen LogP contribution in [0.2, 0.25) is 0 Å². The summed E-state index contributed by atoms with van der Waals surface area (Å²) in [7, 11) is 0. The Labute approximate surface area is 193 Å². The molecule has 0 aliphatic heterocycles. The third-order valence-electron chi connectivity index (χ3n) is 5.51. The molecule has 0 saturated heterocycles. The van der Waals surface area contributed by atoms with Gasteiger partial charge in [-0.1, -0.05) is 51.1 Å². The minimum absolute atomic E-state index is 0.101. The maximum Gasteiger partial charge on any atom is 0.404 e. The van der Waals surface area contributed by atoms with Crippen molar-refractivity contribution in [2.75, 3.05) is 13.1 Å². The van der Waals surface area contributed by atoms with Crippen molar-refractivity contribution in [3.63, 3.8) is 0 Å². The van der Waals surface area contributed by atoms with E-state index < -0.39 is 17.7 Å². The zero-order chi connectivity index (χ0) is 24.0. The third kappa shape index (κ3) is 6.65. The van der Waals surface area contributed by atoms with Crippen molar-refractivity contribution in [2.45, 2.75) is 39.8 Å². The Hall–Kier alpha value is -3.19. The standard InChI is InChI=1S/C26H31F2N3O2/c1-26(2,3)24(29-12-7-13-30-25(32)33)23-14-19(21-15-20(27)10-11-22(21)28)17-31(23)16-18-8-5-4-6-9-18/h4-6,8-11,14-15,17,24,29-30H,7,12-13,16H2,1-3H3,(H,32,33). The van der Waals surface area contributed by atoms with Crippen molar-refractivity contribution < 1.29 is 18.7 Å². The molecule has 1 atom stereocenters. The molecule has 33 heavy (non-hydrogen) atoms. The lowest BCUT2D eigenvalue weighted by molar-refractivity contribution is 0.194. The van der Waals surface area contributed by atoms with Crippen LogP contribution in [-0.2, 0) is 6.54 Å². The van der Waals surface area contributed by atoms with Crippen molar-refractivity contribution >= 4 is 6.09 Å². The van der Waals surface area contributed by atoms with Crippen LogP contribution in [0.15, 0.2) is 60.8 Å². The maximum absolute atomic E-state index is 14.6. The molecule has 1 aromatic heterocycles. The summed E-state index contributed by atoms with van der Waals surface area (Å²) < 4.78 is 30.5. The molecule has 0 spiro atoms. The fourth-order valence-electron chi connectivity index (χ4n) is 3.94. The number of hydrogen-bond donors (Lipinski definition) is 3. The van der Waals surface area contributed by atoms with Gasteiger partial charge in [-0.3, -0.25) is 0 Å². The average Bonchev–Trinajstić information content (AvgIpc) is 3.14. The molecular formula is C26H31F2N3O2. The summed E-state index contributed by atoms with van der Waals surface area (Å²) in [6.45, 7) is 7.88. The van der Waals surface area contributed by atoms with Gasteiger partial charge in [-0.05, 0) is 48.2 Å². The third-order valence-corrected chi connectivity index (χ3v) is 5.51. The highest BCUT2D eigenvalue weighted by Gasteiger charge is 2.29. The van der Waals surface area contributed by atoms with Gasteiger partial charge in [0.1, 0.15) is 11.6 Å². The number of nitrogens with one attached hydrogen (secondary N) is 2. The van der Waals surface area contributed by atoms with Crippen molar-refractivity contribution in [1.29, 1.82) is 0 Å². The molecule has 176 valence electrons. The number of carboxylic acid groups (broad SMARTS) is 1. The molecular weight excluding hydrogens is 424 g/mol. The summed E-state index contributed by atoms with van der Waals surface area (Å²) >= 11 is 0. The van der Waals surface area contributed by atoms with Crippen molar-refractivity contribution in [3.05, 3.63) is 83.7 Å². The number of nitrogens with zero attached hydrogens (tertiary/aromatic N) is 1. The van der Waals surface area contributed by atoms with Crippen LogP contribution in [0.3, 0.4) is 0 Å². The smallest absolute Gasteiger partial charge is 0.404 e. The van der Waals surface area contributed by atoms with Crippen LogP contribution in [0.1, 0.15) is 44.5 Å². The number of halogens is 2. The molecule has 1 heterocycles. The van der Waals surface area contributed by atoms with Crippen LogP contribution >= 0.6 is 0 Å². The van der Waals surface area contributed by atoms with Gasteiger partial charge in [0.15, 0.2) is 0 Å². The first-order chi connectivity index (χ1) is 15.6. The van der Waals surface area contributed by atoms with Crippen molar-refractivity contribution in [2.24, 2.45) is 5.41 Å². The number of carbonyl (C=O) groups is 1. The van der Waals surface area contributed by atoms with Gasteiger partial charge in [0.25, 0.3) is 0 Å². The molecule has 0 saturated carbocycles. The van der Waals surface area contributed by atoms with E-state index in [0.717, 1.165) is 23.4 Å². The lowest BCUT2D eigenvalue weighted by atomic mass is 9.84. The van der Waals surface area contributed by atoms with Gasteiger partial charge < -0.3 is 20.3 Å². The predicted octanol–water partition coefficient (Wildman–Crippen LogP) is 5.82. The zero-order valence-corrected chi connectivity index (χ0v) is 19.2. The second kappa shape index (κ2) is 10.6. The van der Waals surface area contributed by atoms with E-state index in [0.29, 0.717) is 31.6 Å². The van der Waals surface area contributed by atoms with E-state index in [4.69, 9.17) is 5.11 Å². The van der Waals surface area contributed by atoms with Crippen molar-refractivity contribution in [1.82, 2.24) is 15.2 Å². The second-order valence-electron chi connectivity index (χ2n) is 9.23. The number of hydrogen-bond acceptors (Lipinski definition) is 2. The quantitative estimate of drug-likeness (QED) is 0.357. The number of benzene rings is 2. The SMILES string of the molecule is CC(C)(C)C(NCCCNC(=O)O)c1cc(-c2cc(F)ccc2F)cn1Cc1ccccc1. The Kier molecular flexibility index (Phi) is 7.87. The maximum atomic E-state index is 14.6. The molecule has 2 aromatic carbocycles. The van der Waals surface area contributed by atoms with E-state index in [9.17, 15) is 13.6 Å². The Bertz CT molecular complexity index is 1070.